The van der Waals surface area contributed by atoms with Crippen molar-refractivity contribution in [3.05, 3.63) is 72.5 Å². The molecule has 0 spiro atoms. The maximum atomic E-state index is 10.4. The minimum atomic E-state index is -1.23. The number of ether oxygens (including phenoxy) is 1. The van der Waals surface area contributed by atoms with Crippen LogP contribution in [0, 0.1) is 0 Å². The summed E-state index contributed by atoms with van der Waals surface area (Å²) < 4.78 is 7.23. The number of aliphatic hydroxyl groups excluding tert-OH is 3. The van der Waals surface area contributed by atoms with Crippen molar-refractivity contribution in [1.29, 1.82) is 0 Å². The predicted octanol–water partition coefficient (Wildman–Crippen LogP) is -0.0657. The van der Waals surface area contributed by atoms with Crippen LogP contribution in [0.25, 0.3) is 11.2 Å². The summed E-state index contributed by atoms with van der Waals surface area (Å²) in [6, 6.07) is 10.1. The lowest BCUT2D eigenvalue weighted by atomic mass is 9.91. The van der Waals surface area contributed by atoms with E-state index in [4.69, 9.17) is 10.5 Å². The molecule has 5 N–H and O–H groups in total. The molecule has 0 saturated carbocycles. The van der Waals surface area contributed by atoms with Crippen LogP contribution in [-0.4, -0.2) is 65.8 Å². The van der Waals surface area contributed by atoms with Gasteiger partial charge in [0.15, 0.2) is 23.2 Å². The molecule has 2 aliphatic heterocycles. The second-order valence-corrected chi connectivity index (χ2v) is 8.26. The highest BCUT2D eigenvalue weighted by molar-refractivity contribution is 5.88. The first-order chi connectivity index (χ1) is 15.6. The summed E-state index contributed by atoms with van der Waals surface area (Å²) in [5.74, 6) is 0.630. The fraction of sp³-hybridized carbons (Fsp3) is 0.318. The molecule has 10 nitrogen and oxygen atoms in total. The third-order valence-electron chi connectivity index (χ3n) is 6.54. The van der Waals surface area contributed by atoms with Crippen molar-refractivity contribution in [1.82, 2.24) is 19.5 Å². The molecule has 4 heterocycles. The van der Waals surface area contributed by atoms with E-state index in [0.29, 0.717) is 22.7 Å². The first kappa shape index (κ1) is 19.4. The number of rotatable bonds is 4. The highest BCUT2D eigenvalue weighted by Crippen LogP contribution is 2.56. The molecule has 3 aromatic rings. The summed E-state index contributed by atoms with van der Waals surface area (Å²) >= 11 is 0. The number of hydrogen-bond acceptors (Lipinski definition) is 9. The molecule has 0 amide bonds. The van der Waals surface area contributed by atoms with Gasteiger partial charge in [-0.2, -0.15) is 0 Å². The predicted molar refractivity (Wildman–Crippen MR) is 114 cm³/mol. The lowest BCUT2D eigenvalue weighted by molar-refractivity contribution is -0.0511. The molecule has 6 rings (SSSR count). The molecule has 1 aromatic carbocycles. The number of fused-ring (bicyclic) bond motifs is 2. The molecular formula is C22H22N6O4. The van der Waals surface area contributed by atoms with Crippen molar-refractivity contribution in [2.75, 3.05) is 11.5 Å². The lowest BCUT2D eigenvalue weighted by Gasteiger charge is -2.17. The quantitative estimate of drug-likeness (QED) is 0.415. The van der Waals surface area contributed by atoms with Crippen molar-refractivity contribution >= 4 is 17.0 Å². The number of hydrogen-bond donors (Lipinski definition) is 4. The summed E-state index contributed by atoms with van der Waals surface area (Å²) in [6.07, 6.45) is 4.69. The van der Waals surface area contributed by atoms with Gasteiger partial charge < -0.3 is 30.7 Å². The molecule has 1 aliphatic carbocycles. The summed E-state index contributed by atoms with van der Waals surface area (Å²) in [6.45, 7) is -0.406. The molecule has 32 heavy (non-hydrogen) atoms. The first-order valence-corrected chi connectivity index (χ1v) is 10.4. The maximum absolute atomic E-state index is 10.4. The van der Waals surface area contributed by atoms with E-state index in [1.807, 2.05) is 30.4 Å². The smallest absolute Gasteiger partial charge is 0.167 e. The Balaban J connectivity index is 1.44. The number of nitrogens with two attached hydrogens (primary N) is 1. The van der Waals surface area contributed by atoms with Crippen molar-refractivity contribution < 1.29 is 20.1 Å². The molecule has 164 valence electrons. The van der Waals surface area contributed by atoms with Gasteiger partial charge in [-0.15, -0.1) is 0 Å². The van der Waals surface area contributed by atoms with E-state index >= 15 is 0 Å². The Bertz CT molecular complexity index is 1240. The number of benzene rings is 1. The molecule has 2 aromatic heterocycles. The van der Waals surface area contributed by atoms with Gasteiger partial charge in [0.25, 0.3) is 0 Å². The van der Waals surface area contributed by atoms with Gasteiger partial charge in [-0.05, 0) is 17.7 Å². The Hall–Kier alpha value is -3.31. The largest absolute Gasteiger partial charge is 0.399 e. The van der Waals surface area contributed by atoms with E-state index in [1.165, 1.54) is 12.7 Å². The Morgan fingerprint density at radius 1 is 1.09 bits per heavy atom. The SMILES string of the molecule is NC1=CC2N(c3ncnc4c3ncn4[C@@H]3O[C@H](CO)[C@@H](O)[C@H]3O)C2(c2ccccc2)C=C1. The van der Waals surface area contributed by atoms with Gasteiger partial charge >= 0.3 is 0 Å². The zero-order valence-electron chi connectivity index (χ0n) is 16.9. The van der Waals surface area contributed by atoms with Crippen LogP contribution in [-0.2, 0) is 10.3 Å². The van der Waals surface area contributed by atoms with E-state index in [2.05, 4.69) is 38.1 Å². The molecule has 0 radical (unpaired) electrons. The average molecular weight is 434 g/mol. The van der Waals surface area contributed by atoms with Crippen molar-refractivity contribution in [2.45, 2.75) is 36.1 Å². The van der Waals surface area contributed by atoms with Crippen LogP contribution >= 0.6 is 0 Å². The standard InChI is InChI=1S/C22H22N6O4/c23-13-6-7-22(12-4-2-1-3-5-12)15(8-13)28(22)20-16-19(24-10-25-20)27(11-26-16)21-18(31)17(30)14(9-29)32-21/h1-8,10-11,14-15,17-18,21,29-31H,9,23H2/t14-,15?,17-,18-,21-,22?,28?/m1/s1. The highest BCUT2D eigenvalue weighted by Gasteiger charge is 2.63. The molecule has 2 saturated heterocycles. The fourth-order valence-corrected chi connectivity index (χ4v) is 4.90. The first-order valence-electron chi connectivity index (χ1n) is 10.4. The average Bonchev–Trinajstić information content (AvgIpc) is 3.12. The van der Waals surface area contributed by atoms with E-state index in [0.717, 1.165) is 5.56 Å². The fourth-order valence-electron chi connectivity index (χ4n) is 4.90. The van der Waals surface area contributed by atoms with E-state index in [-0.39, 0.29) is 6.04 Å². The minimum absolute atomic E-state index is 0.0212. The van der Waals surface area contributed by atoms with Gasteiger partial charge in [0.1, 0.15) is 30.2 Å². The summed E-state index contributed by atoms with van der Waals surface area (Å²) in [7, 11) is 0. The van der Waals surface area contributed by atoms with Crippen LogP contribution in [0.4, 0.5) is 5.82 Å². The highest BCUT2D eigenvalue weighted by atomic mass is 16.6. The molecule has 2 fully saturated rings. The van der Waals surface area contributed by atoms with Crippen LogP contribution < -0.4 is 10.6 Å². The normalized spacial score (nSPS) is 33.4. The Labute approximate surface area is 182 Å². The number of aliphatic hydroxyl groups is 3. The second-order valence-electron chi connectivity index (χ2n) is 8.26. The lowest BCUT2D eigenvalue weighted by Crippen LogP contribution is -2.33. The minimum Gasteiger partial charge on any atom is -0.399 e. The Kier molecular flexibility index (Phi) is 4.14. The summed E-state index contributed by atoms with van der Waals surface area (Å²) in [4.78, 5) is 15.6. The monoisotopic (exact) mass is 434 g/mol. The number of nitrogens with zero attached hydrogens (tertiary/aromatic N) is 5. The van der Waals surface area contributed by atoms with E-state index in [1.54, 1.807) is 4.57 Å². The van der Waals surface area contributed by atoms with Crippen LogP contribution in [0.5, 0.6) is 0 Å². The Morgan fingerprint density at radius 3 is 2.66 bits per heavy atom. The summed E-state index contributed by atoms with van der Waals surface area (Å²) in [5.41, 5.74) is 8.46. The molecular weight excluding hydrogens is 412 g/mol. The van der Waals surface area contributed by atoms with Gasteiger partial charge in [-0.25, -0.2) is 15.0 Å². The van der Waals surface area contributed by atoms with Crippen molar-refractivity contribution in [3.8, 4) is 0 Å². The number of anilines is 1. The van der Waals surface area contributed by atoms with Gasteiger partial charge in [0.05, 0.1) is 19.0 Å². The van der Waals surface area contributed by atoms with Gasteiger partial charge in [0.2, 0.25) is 0 Å². The molecule has 0 bridgehead atoms. The van der Waals surface area contributed by atoms with Gasteiger partial charge in [-0.3, -0.25) is 4.57 Å². The van der Waals surface area contributed by atoms with E-state index in [9.17, 15) is 15.3 Å². The second kappa shape index (κ2) is 6.84. The third kappa shape index (κ3) is 2.51. The Morgan fingerprint density at radius 2 is 1.91 bits per heavy atom. The summed E-state index contributed by atoms with van der Waals surface area (Å²) in [5, 5.41) is 30.0. The van der Waals surface area contributed by atoms with Crippen LogP contribution in [0.15, 0.2) is 66.9 Å². The number of allylic oxidation sites excluding steroid dienone is 1. The van der Waals surface area contributed by atoms with Crippen LogP contribution in [0.3, 0.4) is 0 Å². The van der Waals surface area contributed by atoms with E-state index < -0.39 is 36.7 Å². The topological polar surface area (TPSA) is 143 Å². The zero-order chi connectivity index (χ0) is 22.0. The van der Waals surface area contributed by atoms with Gasteiger partial charge in [0, 0.05) is 5.70 Å². The van der Waals surface area contributed by atoms with Gasteiger partial charge in [-0.1, -0.05) is 36.4 Å². The molecule has 2 unspecified atom stereocenters. The third-order valence-corrected chi connectivity index (χ3v) is 6.54. The maximum Gasteiger partial charge on any atom is 0.167 e. The molecule has 6 atom stereocenters. The molecule has 10 heteroatoms. The van der Waals surface area contributed by atoms with Crippen LogP contribution in [0.1, 0.15) is 11.8 Å². The zero-order valence-corrected chi connectivity index (χ0v) is 16.9. The molecule has 3 aliphatic rings. The number of imidazole rings is 1. The number of aromatic nitrogens is 4. The van der Waals surface area contributed by atoms with Crippen molar-refractivity contribution in [3.63, 3.8) is 0 Å². The van der Waals surface area contributed by atoms with Crippen molar-refractivity contribution in [2.24, 2.45) is 5.73 Å². The van der Waals surface area contributed by atoms with Crippen LogP contribution in [0.2, 0.25) is 0 Å².